The lowest BCUT2D eigenvalue weighted by molar-refractivity contribution is -0.141. The number of nitrogens with zero attached hydrogens (tertiary/aromatic N) is 2. The molecule has 16 heteroatoms. The lowest BCUT2D eigenvalue weighted by Gasteiger charge is -2.50. The third-order valence-electron chi connectivity index (χ3n) is 10.1. The molecule has 4 amide bonds. The number of phenolic OH excluding ortho intramolecular Hbond substituents is 1. The van der Waals surface area contributed by atoms with Crippen molar-refractivity contribution >= 4 is 68.4 Å². The second-order valence-corrected chi connectivity index (χ2v) is 14.6. The molecule has 0 bridgehead atoms. The number of allylic oxidation sites excluding steroid dienone is 2. The van der Waals surface area contributed by atoms with Gasteiger partial charge in [-0.1, -0.05) is 57.9 Å². The van der Waals surface area contributed by atoms with E-state index in [0.717, 1.165) is 4.90 Å². The Kier molecular flexibility index (Phi) is 8.11. The molecule has 6 atom stereocenters. The summed E-state index contributed by atoms with van der Waals surface area (Å²) in [7, 11) is 1.22. The number of likely N-dealkylation sites (tertiary alicyclic amines) is 1. The number of alkyl halides is 2. The highest BCUT2D eigenvalue weighted by atomic mass is 79.9. The fraction of sp³-hybridized carbons (Fsp3) is 0.294. The molecule has 260 valence electrons. The summed E-state index contributed by atoms with van der Waals surface area (Å²) >= 11 is 17.6. The van der Waals surface area contributed by atoms with Gasteiger partial charge in [0, 0.05) is 16.0 Å². The first-order valence-electron chi connectivity index (χ1n) is 15.0. The summed E-state index contributed by atoms with van der Waals surface area (Å²) in [6.07, 6.45) is 0.836. The average Bonchev–Trinajstić information content (AvgIpc) is 3.42. The first-order chi connectivity index (χ1) is 23.6. The molecule has 0 spiro atoms. The van der Waals surface area contributed by atoms with E-state index in [9.17, 15) is 37.5 Å². The predicted octanol–water partition coefficient (Wildman–Crippen LogP) is 6.62. The maximum Gasteiger partial charge on any atom is 0.258 e. The van der Waals surface area contributed by atoms with Crippen LogP contribution >= 0.6 is 39.1 Å². The number of amides is 4. The number of hydrogen-bond donors (Lipinski definition) is 1. The molecular weight excluding hydrogens is 778 g/mol. The molecule has 6 unspecified atom stereocenters. The fourth-order valence-electron chi connectivity index (χ4n) is 7.87. The number of carbonyl (C=O) groups excluding carboxylic acids is 4. The largest absolute Gasteiger partial charge is 0.504 e. The van der Waals surface area contributed by atoms with Crippen LogP contribution in [0.1, 0.15) is 29.9 Å². The Morgan fingerprint density at radius 3 is 2.14 bits per heavy atom. The van der Waals surface area contributed by atoms with Crippen LogP contribution in [0.4, 0.5) is 27.6 Å². The Bertz CT molecular complexity index is 2060. The molecule has 2 aliphatic heterocycles. The molecule has 3 aromatic rings. The Morgan fingerprint density at radius 2 is 1.52 bits per heavy atom. The number of hydrogen-bond acceptors (Lipinski definition) is 6. The molecule has 8 nitrogen and oxygen atoms in total. The molecule has 3 fully saturated rings. The number of fused-ring (bicyclic) bond motifs is 4. The molecule has 7 rings (SSSR count). The molecule has 2 saturated heterocycles. The van der Waals surface area contributed by atoms with E-state index in [1.165, 1.54) is 19.2 Å². The van der Waals surface area contributed by atoms with Crippen molar-refractivity contribution in [1.82, 2.24) is 4.90 Å². The van der Waals surface area contributed by atoms with E-state index in [1.54, 1.807) is 36.4 Å². The van der Waals surface area contributed by atoms with Gasteiger partial charge in [0.2, 0.25) is 17.6 Å². The van der Waals surface area contributed by atoms with Crippen LogP contribution in [-0.2, 0) is 25.7 Å². The van der Waals surface area contributed by atoms with Gasteiger partial charge >= 0.3 is 0 Å². The first kappa shape index (κ1) is 34.4. The predicted molar refractivity (Wildman–Crippen MR) is 171 cm³/mol. The van der Waals surface area contributed by atoms with Gasteiger partial charge in [0.25, 0.3) is 11.8 Å². The van der Waals surface area contributed by atoms with Crippen molar-refractivity contribution in [2.24, 2.45) is 17.8 Å². The zero-order chi connectivity index (χ0) is 36.2. The molecule has 0 aromatic heterocycles. The molecule has 1 N–H and O–H groups in total. The van der Waals surface area contributed by atoms with Crippen molar-refractivity contribution in [3.05, 3.63) is 98.8 Å². The molecule has 1 saturated carbocycles. The Balaban J connectivity index is 1.44. The minimum Gasteiger partial charge on any atom is -0.504 e. The van der Waals surface area contributed by atoms with Crippen LogP contribution in [-0.4, -0.2) is 50.5 Å². The Morgan fingerprint density at radius 1 is 0.900 bits per heavy atom. The molecule has 2 aliphatic carbocycles. The topological polar surface area (TPSA) is 104 Å². The molecule has 3 aromatic carbocycles. The van der Waals surface area contributed by atoms with Crippen LogP contribution in [0.3, 0.4) is 0 Å². The van der Waals surface area contributed by atoms with E-state index in [1.807, 2.05) is 0 Å². The van der Waals surface area contributed by atoms with Crippen LogP contribution in [0.2, 0.25) is 0 Å². The van der Waals surface area contributed by atoms with Gasteiger partial charge in [-0.3, -0.25) is 24.1 Å². The van der Waals surface area contributed by atoms with E-state index in [4.69, 9.17) is 27.9 Å². The van der Waals surface area contributed by atoms with Crippen molar-refractivity contribution in [3.8, 4) is 11.5 Å². The minimum absolute atomic E-state index is 0.0412. The van der Waals surface area contributed by atoms with Gasteiger partial charge in [-0.05, 0) is 36.5 Å². The van der Waals surface area contributed by atoms with Crippen LogP contribution in [0, 0.1) is 46.8 Å². The van der Waals surface area contributed by atoms with E-state index in [2.05, 4.69) is 15.9 Å². The van der Waals surface area contributed by atoms with Gasteiger partial charge in [-0.2, -0.15) is 0 Å². The third-order valence-corrected chi connectivity index (χ3v) is 12.0. The number of aromatic hydroxyl groups is 1. The number of phenols is 1. The number of halogens is 8. The standard InChI is InChI=1S/C34H22BrCl2F5N2O6/c1-50-19-10-14(35)9-17(28(19)45)21-15-7-8-16-20(30(47)43(29(16)46)12-13-5-3-2-4-6-13)18(15)11-33(36)31(48)44(32(49)34(21,33)37)27-25(41)23(39)22(38)24(40)26(27)42/h2-7,9-10,16,18,20-21,45H,8,11-12H2,1H3. The smallest absolute Gasteiger partial charge is 0.258 e. The molecular formula is C34H22BrCl2F5N2O6. The van der Waals surface area contributed by atoms with E-state index in [0.29, 0.717) is 5.56 Å². The van der Waals surface area contributed by atoms with Crippen LogP contribution in [0.5, 0.6) is 11.5 Å². The van der Waals surface area contributed by atoms with Crippen LogP contribution in [0.15, 0.2) is 58.6 Å². The second-order valence-electron chi connectivity index (χ2n) is 12.5. The van der Waals surface area contributed by atoms with Gasteiger partial charge in [0.15, 0.2) is 44.5 Å². The summed E-state index contributed by atoms with van der Waals surface area (Å²) < 4.78 is 79.0. The fourth-order valence-corrected chi connectivity index (χ4v) is 9.25. The summed E-state index contributed by atoms with van der Waals surface area (Å²) in [5.41, 5.74) is -1.23. The van der Waals surface area contributed by atoms with Crippen LogP contribution < -0.4 is 9.64 Å². The lowest BCUT2D eigenvalue weighted by Crippen LogP contribution is -2.60. The molecule has 0 radical (unpaired) electrons. The number of ether oxygens (including phenoxy) is 1. The van der Waals surface area contributed by atoms with Crippen molar-refractivity contribution in [3.63, 3.8) is 0 Å². The monoisotopic (exact) mass is 798 g/mol. The van der Waals surface area contributed by atoms with Gasteiger partial charge in [-0.15, -0.1) is 23.2 Å². The van der Waals surface area contributed by atoms with Crippen molar-refractivity contribution in [1.29, 1.82) is 0 Å². The summed E-state index contributed by atoms with van der Waals surface area (Å²) in [6.45, 7) is -0.0719. The molecule has 2 heterocycles. The average molecular weight is 800 g/mol. The minimum atomic E-state index is -2.79. The molecule has 50 heavy (non-hydrogen) atoms. The first-order valence-corrected chi connectivity index (χ1v) is 16.6. The highest BCUT2D eigenvalue weighted by Gasteiger charge is 2.77. The number of rotatable bonds is 5. The van der Waals surface area contributed by atoms with Crippen LogP contribution in [0.25, 0.3) is 0 Å². The lowest BCUT2D eigenvalue weighted by atomic mass is 9.56. The highest BCUT2D eigenvalue weighted by Crippen LogP contribution is 2.67. The quantitative estimate of drug-likeness (QED) is 0.0778. The maximum absolute atomic E-state index is 15.2. The Hall–Kier alpha value is -4.01. The maximum atomic E-state index is 15.2. The molecule has 4 aliphatic rings. The number of benzene rings is 3. The highest BCUT2D eigenvalue weighted by molar-refractivity contribution is 9.10. The van der Waals surface area contributed by atoms with Gasteiger partial charge in [-0.25, -0.2) is 26.9 Å². The number of imide groups is 2. The summed E-state index contributed by atoms with van der Waals surface area (Å²) in [6, 6.07) is 11.3. The normalized spacial score (nSPS) is 28.9. The zero-order valence-electron chi connectivity index (χ0n) is 25.5. The Labute approximate surface area is 298 Å². The van der Waals surface area contributed by atoms with E-state index in [-0.39, 0.29) is 39.2 Å². The van der Waals surface area contributed by atoms with Gasteiger partial charge < -0.3 is 9.84 Å². The number of anilines is 1. The summed E-state index contributed by atoms with van der Waals surface area (Å²) in [5, 5.41) is 11.4. The van der Waals surface area contributed by atoms with Crippen molar-refractivity contribution in [2.75, 3.05) is 12.0 Å². The zero-order valence-corrected chi connectivity index (χ0v) is 28.6. The number of carbonyl (C=O) groups is 4. The van der Waals surface area contributed by atoms with Gasteiger partial charge in [0.1, 0.15) is 5.69 Å². The van der Waals surface area contributed by atoms with E-state index >= 15 is 8.78 Å². The van der Waals surface area contributed by atoms with E-state index < -0.39 is 104 Å². The van der Waals surface area contributed by atoms with Gasteiger partial charge in [0.05, 0.1) is 25.5 Å². The summed E-state index contributed by atoms with van der Waals surface area (Å²) in [4.78, 5) is 51.8. The second kappa shape index (κ2) is 11.8. The SMILES string of the molecule is COc1cc(Br)cc(C2C3=CCC4C(=O)N(Cc5ccccc5)C(=O)C4C3CC3(Cl)C(=O)N(c4c(F)c(F)c(F)c(F)c4F)C(=O)C23Cl)c1O. The summed E-state index contributed by atoms with van der Waals surface area (Å²) in [5.74, 6) is -22.4. The van der Waals surface area contributed by atoms with Crippen molar-refractivity contribution in [2.45, 2.75) is 35.1 Å². The van der Waals surface area contributed by atoms with Crippen molar-refractivity contribution < 1.29 is 51.0 Å². The number of methoxy groups -OCH3 is 1. The third kappa shape index (κ3) is 4.46.